The van der Waals surface area contributed by atoms with Crippen molar-refractivity contribution in [1.82, 2.24) is 4.72 Å². The van der Waals surface area contributed by atoms with Crippen molar-refractivity contribution in [3.8, 4) is 16.9 Å². The first-order valence-corrected chi connectivity index (χ1v) is 14.5. The number of nitrogens with one attached hydrogen (secondary N) is 1. The second kappa shape index (κ2) is 13.1. The van der Waals surface area contributed by atoms with E-state index >= 15 is 0 Å². The first kappa shape index (κ1) is 30.6. The lowest BCUT2D eigenvalue weighted by molar-refractivity contribution is -0.136. The van der Waals surface area contributed by atoms with Gasteiger partial charge in [0.15, 0.2) is 0 Å². The molecule has 0 spiro atoms. The van der Waals surface area contributed by atoms with E-state index in [0.29, 0.717) is 34.8 Å². The summed E-state index contributed by atoms with van der Waals surface area (Å²) in [5.74, 6) is 0.245. The van der Waals surface area contributed by atoms with Crippen LogP contribution in [0.5, 0.6) is 5.75 Å². The fraction of sp³-hybridized carbons (Fsp3) is 0.344. The molecule has 0 saturated carbocycles. The summed E-state index contributed by atoms with van der Waals surface area (Å²) in [6.45, 7) is 7.21. The van der Waals surface area contributed by atoms with Crippen molar-refractivity contribution in [2.45, 2.75) is 58.1 Å². The number of halogens is 1. The monoisotopic (exact) mass is 581 g/mol. The zero-order valence-corrected chi connectivity index (χ0v) is 24.8. The van der Waals surface area contributed by atoms with Gasteiger partial charge >= 0.3 is 5.97 Å². The molecule has 0 bridgehead atoms. The van der Waals surface area contributed by atoms with Crippen LogP contribution in [-0.4, -0.2) is 34.2 Å². The Hall–Kier alpha value is -3.37. The zero-order chi connectivity index (χ0) is 29.7. The van der Waals surface area contributed by atoms with Crippen LogP contribution < -0.4 is 9.46 Å². The van der Waals surface area contributed by atoms with Gasteiger partial charge in [0.2, 0.25) is 0 Å². The second-order valence-electron chi connectivity index (χ2n) is 11.0. The third-order valence-electron chi connectivity index (χ3n) is 6.53. The molecule has 218 valence electrons. The molecule has 0 aliphatic rings. The molecule has 4 rings (SSSR count). The Balaban J connectivity index is 1.72. The lowest BCUT2D eigenvalue weighted by atomic mass is 9.97. The van der Waals surface area contributed by atoms with Crippen LogP contribution in [0.4, 0.5) is 4.39 Å². The first-order valence-electron chi connectivity index (χ1n) is 13.3. The van der Waals surface area contributed by atoms with E-state index in [0.717, 1.165) is 27.6 Å². The van der Waals surface area contributed by atoms with Crippen LogP contribution in [-0.2, 0) is 40.5 Å². The predicted molar refractivity (Wildman–Crippen MR) is 159 cm³/mol. The number of furan rings is 1. The summed E-state index contributed by atoms with van der Waals surface area (Å²) >= 11 is -1.45. The van der Waals surface area contributed by atoms with Crippen LogP contribution in [0.25, 0.3) is 22.1 Å². The molecule has 0 aliphatic heterocycles. The number of fused-ring (bicyclic) bond motifs is 1. The lowest BCUT2D eigenvalue weighted by Gasteiger charge is -2.27. The van der Waals surface area contributed by atoms with Gasteiger partial charge < -0.3 is 23.6 Å². The van der Waals surface area contributed by atoms with Crippen molar-refractivity contribution in [2.75, 3.05) is 13.8 Å². The van der Waals surface area contributed by atoms with E-state index in [-0.39, 0.29) is 13.0 Å². The van der Waals surface area contributed by atoms with Gasteiger partial charge in [-0.1, -0.05) is 30.3 Å². The minimum Gasteiger partial charge on any atom is -0.598 e. The summed E-state index contributed by atoms with van der Waals surface area (Å²) in [4.78, 5) is 11.4. The topological polar surface area (TPSA) is 104 Å². The number of aliphatic carboxylic acids is 1. The van der Waals surface area contributed by atoms with Gasteiger partial charge in [-0.05, 0) is 80.3 Å². The van der Waals surface area contributed by atoms with E-state index < -0.39 is 34.8 Å². The maximum Gasteiger partial charge on any atom is 0.307 e. The molecule has 2 atom stereocenters. The molecule has 41 heavy (non-hydrogen) atoms. The van der Waals surface area contributed by atoms with Crippen LogP contribution in [0, 0.1) is 6.92 Å². The van der Waals surface area contributed by atoms with E-state index in [1.54, 1.807) is 13.2 Å². The van der Waals surface area contributed by atoms with Gasteiger partial charge in [-0.2, -0.15) is 0 Å². The summed E-state index contributed by atoms with van der Waals surface area (Å²) in [5.41, 5.74) is 5.32. The van der Waals surface area contributed by atoms with Crippen LogP contribution in [0.2, 0.25) is 0 Å². The third-order valence-corrected chi connectivity index (χ3v) is 8.14. The molecule has 2 N–H and O–H groups in total. The predicted octanol–water partition coefficient (Wildman–Crippen LogP) is 6.82. The highest BCUT2D eigenvalue weighted by Crippen LogP contribution is 2.35. The van der Waals surface area contributed by atoms with Crippen molar-refractivity contribution in [2.24, 2.45) is 0 Å². The summed E-state index contributed by atoms with van der Waals surface area (Å²) < 4.78 is 46.8. The van der Waals surface area contributed by atoms with Crippen LogP contribution in [0.1, 0.15) is 54.8 Å². The number of carboxylic acid groups (broad SMARTS) is 1. The zero-order valence-electron chi connectivity index (χ0n) is 24.0. The number of alkyl halides is 1. The van der Waals surface area contributed by atoms with Crippen molar-refractivity contribution >= 4 is 28.3 Å². The number of rotatable bonds is 12. The fourth-order valence-corrected chi connectivity index (χ4v) is 5.27. The number of hydrogen-bond acceptors (Lipinski definition) is 6. The molecule has 9 heteroatoms. The van der Waals surface area contributed by atoms with Crippen molar-refractivity contribution in [3.05, 3.63) is 88.7 Å². The molecule has 0 amide bonds. The highest BCUT2D eigenvalue weighted by atomic mass is 32.2. The number of hydrogen-bond donors (Lipinski definition) is 2. The minimum absolute atomic E-state index is 0.140. The van der Waals surface area contributed by atoms with Gasteiger partial charge in [0.25, 0.3) is 0 Å². The minimum atomic E-state index is -1.45. The Morgan fingerprint density at radius 3 is 2.59 bits per heavy atom. The van der Waals surface area contributed by atoms with Gasteiger partial charge in [-0.25, -0.2) is 4.39 Å². The van der Waals surface area contributed by atoms with E-state index in [1.165, 1.54) is 0 Å². The average Bonchev–Trinajstić information content (AvgIpc) is 3.33. The maximum atomic E-state index is 14.2. The smallest absolute Gasteiger partial charge is 0.307 e. The van der Waals surface area contributed by atoms with Gasteiger partial charge in [-0.3, -0.25) is 4.79 Å². The molecule has 0 saturated heterocycles. The van der Waals surface area contributed by atoms with Gasteiger partial charge in [0, 0.05) is 35.0 Å². The number of methoxy groups -OCH3 is 1. The van der Waals surface area contributed by atoms with E-state index in [1.807, 2.05) is 82.3 Å². The molecule has 4 aromatic rings. The summed E-state index contributed by atoms with van der Waals surface area (Å²) in [7, 11) is 1.60. The summed E-state index contributed by atoms with van der Waals surface area (Å²) in [6, 6.07) is 18.0. The van der Waals surface area contributed by atoms with E-state index in [4.69, 9.17) is 13.9 Å². The molecular formula is C32H36FNO6S. The highest BCUT2D eigenvalue weighted by Gasteiger charge is 2.30. The Kier molecular flexibility index (Phi) is 9.76. The van der Waals surface area contributed by atoms with Crippen LogP contribution in [0.15, 0.2) is 65.1 Å². The summed E-state index contributed by atoms with van der Waals surface area (Å²) in [6.07, 6.45) is -0.140. The van der Waals surface area contributed by atoms with Crippen molar-refractivity contribution in [1.29, 1.82) is 0 Å². The quantitative estimate of drug-likeness (QED) is 0.177. The molecule has 0 aliphatic carbocycles. The molecule has 0 fully saturated rings. The maximum absolute atomic E-state index is 14.2. The molecule has 0 radical (unpaired) electrons. The van der Waals surface area contributed by atoms with Crippen molar-refractivity contribution < 1.29 is 32.7 Å². The number of ether oxygens (including phenoxy) is 2. The molecule has 1 aromatic heterocycles. The molecule has 1 heterocycles. The summed E-state index contributed by atoms with van der Waals surface area (Å²) in [5, 5.41) is 10.2. The van der Waals surface area contributed by atoms with Gasteiger partial charge in [0.1, 0.15) is 47.8 Å². The Morgan fingerprint density at radius 2 is 1.90 bits per heavy atom. The Labute approximate surface area is 243 Å². The SMILES string of the molecule is COCc1cc2cc(COc3cc(C)ccc3CC(=O)O)cc(-c3cccc(C(CF)N[S+]([O-])C(C)(C)C)c3)c2o1. The highest BCUT2D eigenvalue weighted by molar-refractivity contribution is 7.90. The normalized spacial score (nSPS) is 13.3. The second-order valence-corrected chi connectivity index (χ2v) is 13.0. The number of carboxylic acids is 1. The third kappa shape index (κ3) is 7.68. The Morgan fingerprint density at radius 1 is 1.12 bits per heavy atom. The average molecular weight is 582 g/mol. The molecule has 7 nitrogen and oxygen atoms in total. The van der Waals surface area contributed by atoms with E-state index in [2.05, 4.69) is 4.72 Å². The molecular weight excluding hydrogens is 545 g/mol. The van der Waals surface area contributed by atoms with Crippen LogP contribution in [0.3, 0.4) is 0 Å². The number of benzene rings is 3. The molecule has 3 aromatic carbocycles. The van der Waals surface area contributed by atoms with Gasteiger partial charge in [0.05, 0.1) is 6.42 Å². The standard InChI is InChI=1S/C32H36FNO6S/c1-20-9-10-24(16-30(35)36)29(11-20)39-18-21-12-25-15-26(19-38-5)40-31(25)27(13-21)22-7-6-8-23(14-22)28(17-33)34-41(37)32(2,3)4/h6-15,28,34H,16-19H2,1-5H3,(H,35,36). The fourth-order valence-electron chi connectivity index (χ4n) is 4.46. The lowest BCUT2D eigenvalue weighted by Crippen LogP contribution is -2.41. The largest absolute Gasteiger partial charge is 0.598 e. The van der Waals surface area contributed by atoms with Crippen LogP contribution >= 0.6 is 0 Å². The Bertz CT molecular complexity index is 1510. The van der Waals surface area contributed by atoms with Crippen molar-refractivity contribution in [3.63, 3.8) is 0 Å². The number of aryl methyl sites for hydroxylation is 1. The first-order chi connectivity index (χ1) is 19.5. The van der Waals surface area contributed by atoms with E-state index in [9.17, 15) is 18.8 Å². The molecule has 2 unspecified atom stereocenters. The van der Waals surface area contributed by atoms with Gasteiger partial charge in [-0.15, -0.1) is 4.72 Å². The number of carbonyl (C=O) groups is 1.